The van der Waals surface area contributed by atoms with E-state index in [4.69, 9.17) is 10.00 Å². The molecule has 0 saturated heterocycles. The molecular weight excluding hydrogens is 272 g/mol. The Morgan fingerprint density at radius 2 is 2.45 bits per heavy atom. The first-order valence-corrected chi connectivity index (χ1v) is 7.86. The minimum absolute atomic E-state index is 0.0273. The summed E-state index contributed by atoms with van der Waals surface area (Å²) in [4.78, 5) is 15.9. The minimum Gasteiger partial charge on any atom is -0.383 e. The number of aryl methyl sites for hydroxylation is 1. The smallest absolute Gasteiger partial charge is 0.230 e. The average molecular weight is 292 g/mol. The van der Waals surface area contributed by atoms with Gasteiger partial charge in [0.25, 0.3) is 0 Å². The first-order valence-electron chi connectivity index (χ1n) is 6.99. The first-order chi connectivity index (χ1) is 9.77. The molecule has 1 aliphatic carbocycles. The summed E-state index contributed by atoms with van der Waals surface area (Å²) in [5.74, 6) is 0.122. The van der Waals surface area contributed by atoms with Crippen molar-refractivity contribution < 1.29 is 9.53 Å². The quantitative estimate of drug-likeness (QED) is 0.809. The Bertz CT molecular complexity index is 492. The fraction of sp³-hybridized carbons (Fsp3) is 0.600. The van der Waals surface area contributed by atoms with Crippen LogP contribution in [0.15, 0.2) is 11.4 Å². The molecule has 0 bridgehead atoms. The summed E-state index contributed by atoms with van der Waals surface area (Å²) in [6.45, 7) is 1.57. The van der Waals surface area contributed by atoms with Gasteiger partial charge < -0.3 is 9.64 Å². The van der Waals surface area contributed by atoms with Gasteiger partial charge in [-0.1, -0.05) is 0 Å². The number of carbonyl (C=O) groups excluding carboxylic acids is 1. The molecule has 0 radical (unpaired) electrons. The zero-order valence-electron chi connectivity index (χ0n) is 11.8. The van der Waals surface area contributed by atoms with Crippen LogP contribution in [0.3, 0.4) is 0 Å². The fourth-order valence-corrected chi connectivity index (χ4v) is 3.67. The lowest BCUT2D eigenvalue weighted by Crippen LogP contribution is -2.38. The normalized spacial score (nSPS) is 17.3. The van der Waals surface area contributed by atoms with E-state index >= 15 is 0 Å². The van der Waals surface area contributed by atoms with E-state index in [1.165, 1.54) is 10.4 Å². The van der Waals surface area contributed by atoms with Gasteiger partial charge in [0.1, 0.15) is 0 Å². The van der Waals surface area contributed by atoms with E-state index in [9.17, 15) is 4.79 Å². The molecule has 0 saturated carbocycles. The van der Waals surface area contributed by atoms with Crippen LogP contribution in [0.4, 0.5) is 0 Å². The molecular formula is C15H20N2O2S. The van der Waals surface area contributed by atoms with Crippen LogP contribution in [0.5, 0.6) is 0 Å². The lowest BCUT2D eigenvalue weighted by Gasteiger charge is -2.29. The second kappa shape index (κ2) is 7.41. The molecule has 0 fully saturated rings. The predicted octanol–water partition coefficient (Wildman–Crippen LogP) is 2.56. The molecule has 1 heterocycles. The monoisotopic (exact) mass is 292 g/mol. The SMILES string of the molecule is COCCN(CCC#N)C(=O)C1CCCc2sccc21. The summed E-state index contributed by atoms with van der Waals surface area (Å²) >= 11 is 1.75. The van der Waals surface area contributed by atoms with E-state index in [2.05, 4.69) is 17.5 Å². The van der Waals surface area contributed by atoms with Crippen molar-refractivity contribution in [2.75, 3.05) is 26.8 Å². The number of carbonyl (C=O) groups is 1. The van der Waals surface area contributed by atoms with E-state index in [1.54, 1.807) is 23.3 Å². The highest BCUT2D eigenvalue weighted by Gasteiger charge is 2.30. The highest BCUT2D eigenvalue weighted by molar-refractivity contribution is 7.10. The molecule has 1 aromatic rings. The Morgan fingerprint density at radius 1 is 1.60 bits per heavy atom. The van der Waals surface area contributed by atoms with Gasteiger partial charge in [-0.2, -0.15) is 5.26 Å². The molecule has 1 amide bonds. The number of nitriles is 1. The largest absolute Gasteiger partial charge is 0.383 e. The molecule has 4 nitrogen and oxygen atoms in total. The van der Waals surface area contributed by atoms with Crippen LogP contribution in [0.2, 0.25) is 0 Å². The fourth-order valence-electron chi connectivity index (χ4n) is 2.68. The van der Waals surface area contributed by atoms with Crippen molar-refractivity contribution in [2.45, 2.75) is 31.6 Å². The maximum absolute atomic E-state index is 12.7. The zero-order valence-corrected chi connectivity index (χ0v) is 12.6. The third kappa shape index (κ3) is 3.38. The number of rotatable bonds is 6. The van der Waals surface area contributed by atoms with Gasteiger partial charge in [0, 0.05) is 25.1 Å². The van der Waals surface area contributed by atoms with Gasteiger partial charge in [0.05, 0.1) is 25.0 Å². The summed E-state index contributed by atoms with van der Waals surface area (Å²) < 4.78 is 5.07. The van der Waals surface area contributed by atoms with Gasteiger partial charge in [-0.15, -0.1) is 11.3 Å². The van der Waals surface area contributed by atoms with Gasteiger partial charge >= 0.3 is 0 Å². The topological polar surface area (TPSA) is 53.3 Å². The van der Waals surface area contributed by atoms with Crippen LogP contribution in [-0.2, 0) is 16.0 Å². The third-order valence-electron chi connectivity index (χ3n) is 3.72. The van der Waals surface area contributed by atoms with Crippen molar-refractivity contribution in [3.05, 3.63) is 21.9 Å². The molecule has 5 heteroatoms. The number of hydrogen-bond acceptors (Lipinski definition) is 4. The maximum Gasteiger partial charge on any atom is 0.230 e. The number of amides is 1. The predicted molar refractivity (Wildman–Crippen MR) is 78.7 cm³/mol. The molecule has 0 N–H and O–H groups in total. The van der Waals surface area contributed by atoms with E-state index in [0.29, 0.717) is 26.1 Å². The zero-order chi connectivity index (χ0) is 14.4. The van der Waals surface area contributed by atoms with E-state index in [-0.39, 0.29) is 11.8 Å². The standard InChI is InChI=1S/C15H20N2O2S/c1-19-10-9-17(8-3-7-16)15(18)13-4-2-5-14-12(13)6-11-20-14/h6,11,13H,2-5,8-10H2,1H3. The van der Waals surface area contributed by atoms with E-state index < -0.39 is 0 Å². The second-order valence-corrected chi connectivity index (χ2v) is 5.97. The Balaban J connectivity index is 2.10. The van der Waals surface area contributed by atoms with Gasteiger partial charge in [0.2, 0.25) is 5.91 Å². The molecule has 0 spiro atoms. The number of fused-ring (bicyclic) bond motifs is 1. The molecule has 108 valence electrons. The van der Waals surface area contributed by atoms with Gasteiger partial charge in [-0.3, -0.25) is 4.79 Å². The van der Waals surface area contributed by atoms with Crippen molar-refractivity contribution >= 4 is 17.2 Å². The molecule has 20 heavy (non-hydrogen) atoms. The van der Waals surface area contributed by atoms with Crippen LogP contribution >= 0.6 is 11.3 Å². The maximum atomic E-state index is 12.7. The summed E-state index contributed by atoms with van der Waals surface area (Å²) in [6, 6.07) is 4.20. The summed E-state index contributed by atoms with van der Waals surface area (Å²) in [6.07, 6.45) is 3.45. The number of thiophene rings is 1. The molecule has 0 aliphatic heterocycles. The van der Waals surface area contributed by atoms with Crippen molar-refractivity contribution in [3.8, 4) is 6.07 Å². The average Bonchev–Trinajstić information content (AvgIpc) is 2.95. The summed E-state index contributed by atoms with van der Waals surface area (Å²) in [5, 5.41) is 10.8. The summed E-state index contributed by atoms with van der Waals surface area (Å²) in [5.41, 5.74) is 1.20. The minimum atomic E-state index is -0.0273. The van der Waals surface area contributed by atoms with Gasteiger partial charge in [-0.05, 0) is 36.3 Å². The molecule has 1 atom stereocenters. The van der Waals surface area contributed by atoms with E-state index in [1.807, 2.05) is 0 Å². The van der Waals surface area contributed by atoms with Crippen molar-refractivity contribution in [1.82, 2.24) is 4.90 Å². The van der Waals surface area contributed by atoms with Crippen molar-refractivity contribution in [3.63, 3.8) is 0 Å². The number of methoxy groups -OCH3 is 1. The highest BCUT2D eigenvalue weighted by Crippen LogP contribution is 2.36. The number of hydrogen-bond donors (Lipinski definition) is 0. The van der Waals surface area contributed by atoms with Gasteiger partial charge in [0.15, 0.2) is 0 Å². The van der Waals surface area contributed by atoms with Crippen LogP contribution in [0.1, 0.15) is 35.6 Å². The van der Waals surface area contributed by atoms with Crippen molar-refractivity contribution in [2.24, 2.45) is 0 Å². The molecule has 1 aliphatic rings. The Kier molecular flexibility index (Phi) is 5.57. The third-order valence-corrected chi connectivity index (χ3v) is 4.72. The first kappa shape index (κ1) is 15.0. The Morgan fingerprint density at radius 3 is 3.20 bits per heavy atom. The molecule has 1 unspecified atom stereocenters. The number of ether oxygens (including phenoxy) is 1. The highest BCUT2D eigenvalue weighted by atomic mass is 32.1. The molecule has 2 rings (SSSR count). The number of nitrogens with zero attached hydrogens (tertiary/aromatic N) is 2. The Labute approximate surface area is 124 Å². The van der Waals surface area contributed by atoms with Crippen LogP contribution in [-0.4, -0.2) is 37.6 Å². The van der Waals surface area contributed by atoms with E-state index in [0.717, 1.165) is 19.3 Å². The molecule has 0 aromatic carbocycles. The van der Waals surface area contributed by atoms with Gasteiger partial charge in [-0.25, -0.2) is 0 Å². The van der Waals surface area contributed by atoms with Crippen molar-refractivity contribution in [1.29, 1.82) is 5.26 Å². The Hall–Kier alpha value is -1.38. The summed E-state index contributed by atoms with van der Waals surface area (Å²) in [7, 11) is 1.63. The van der Waals surface area contributed by atoms with Crippen LogP contribution in [0, 0.1) is 11.3 Å². The van der Waals surface area contributed by atoms with Crippen LogP contribution < -0.4 is 0 Å². The lowest BCUT2D eigenvalue weighted by molar-refractivity contribution is -0.133. The molecule has 1 aromatic heterocycles. The van der Waals surface area contributed by atoms with Crippen LogP contribution in [0.25, 0.3) is 0 Å². The lowest BCUT2D eigenvalue weighted by atomic mass is 9.86. The second-order valence-electron chi connectivity index (χ2n) is 4.97.